The lowest BCUT2D eigenvalue weighted by Gasteiger charge is -2.03. The first-order valence-electron chi connectivity index (χ1n) is 5.92. The van der Waals surface area contributed by atoms with E-state index < -0.39 is 34.6 Å². The maximum absolute atomic E-state index is 13.3. The molecule has 0 saturated heterocycles. The summed E-state index contributed by atoms with van der Waals surface area (Å²) in [6.07, 6.45) is 0. The van der Waals surface area contributed by atoms with E-state index in [0.29, 0.717) is 0 Å². The molecule has 0 saturated carbocycles. The van der Waals surface area contributed by atoms with Crippen LogP contribution in [-0.2, 0) is 0 Å². The average molecular weight is 307 g/mol. The summed E-state index contributed by atoms with van der Waals surface area (Å²) in [4.78, 5) is 25.0. The van der Waals surface area contributed by atoms with Crippen LogP contribution in [0.3, 0.4) is 0 Å². The van der Waals surface area contributed by atoms with Crippen LogP contribution in [-0.4, -0.2) is 30.9 Å². The van der Waals surface area contributed by atoms with Crippen LogP contribution in [0.25, 0.3) is 16.7 Å². The van der Waals surface area contributed by atoms with Crippen LogP contribution in [0, 0.1) is 11.6 Å². The standard InChI is InChI=1S/C13H7F2N3O4/c14-6-2-1-5(3-7(6)15)18-12-10(11(17-18)13(21)22)8(19)4-9(20)16-12/h1-4H,(H,21,22)(H2,16,19,20). The lowest BCUT2D eigenvalue weighted by Crippen LogP contribution is -2.07. The molecule has 2 heterocycles. The summed E-state index contributed by atoms with van der Waals surface area (Å²) in [5.74, 6) is -4.28. The van der Waals surface area contributed by atoms with Crippen molar-refractivity contribution in [2.75, 3.05) is 0 Å². The molecule has 0 aliphatic carbocycles. The number of aromatic hydroxyl groups is 1. The predicted octanol–water partition coefficient (Wildman–Crippen LogP) is 1.40. The van der Waals surface area contributed by atoms with Crippen molar-refractivity contribution in [1.29, 1.82) is 0 Å². The molecule has 0 radical (unpaired) electrons. The Labute approximate surface area is 120 Å². The van der Waals surface area contributed by atoms with E-state index in [4.69, 9.17) is 5.11 Å². The van der Waals surface area contributed by atoms with Crippen molar-refractivity contribution in [2.45, 2.75) is 0 Å². The Morgan fingerprint density at radius 1 is 1.23 bits per heavy atom. The van der Waals surface area contributed by atoms with Crippen LogP contribution in [0.15, 0.2) is 29.1 Å². The Bertz CT molecular complexity index is 977. The zero-order valence-electron chi connectivity index (χ0n) is 10.7. The molecular formula is C13H7F2N3O4. The number of rotatable bonds is 2. The summed E-state index contributed by atoms with van der Waals surface area (Å²) < 4.78 is 27.2. The van der Waals surface area contributed by atoms with Crippen LogP contribution in [0.2, 0.25) is 0 Å². The summed E-state index contributed by atoms with van der Waals surface area (Å²) >= 11 is 0. The molecule has 0 aliphatic rings. The number of pyridine rings is 1. The number of aromatic nitrogens is 3. The third kappa shape index (κ3) is 1.99. The summed E-state index contributed by atoms with van der Waals surface area (Å²) in [5.41, 5.74) is -1.40. The molecule has 1 aromatic carbocycles. The van der Waals surface area contributed by atoms with Gasteiger partial charge in [0.05, 0.1) is 11.1 Å². The molecule has 9 heteroatoms. The maximum Gasteiger partial charge on any atom is 0.357 e. The molecule has 7 nitrogen and oxygen atoms in total. The summed E-state index contributed by atoms with van der Waals surface area (Å²) in [5, 5.41) is 22.4. The first kappa shape index (κ1) is 13.7. The highest BCUT2D eigenvalue weighted by Crippen LogP contribution is 2.27. The number of fused-ring (bicyclic) bond motifs is 1. The van der Waals surface area contributed by atoms with Gasteiger partial charge in [0.2, 0.25) is 0 Å². The fraction of sp³-hybridized carbons (Fsp3) is 0. The van der Waals surface area contributed by atoms with Crippen LogP contribution in [0.1, 0.15) is 10.5 Å². The molecule has 0 unspecified atom stereocenters. The van der Waals surface area contributed by atoms with Gasteiger partial charge in [-0.05, 0) is 12.1 Å². The van der Waals surface area contributed by atoms with Crippen molar-refractivity contribution >= 4 is 17.0 Å². The van der Waals surface area contributed by atoms with Gasteiger partial charge in [-0.25, -0.2) is 18.3 Å². The SMILES string of the molecule is O=C(O)c1nn(-c2ccc(F)c(F)c2)c2[nH]c(=O)cc(O)c12. The van der Waals surface area contributed by atoms with E-state index in [0.717, 1.165) is 28.9 Å². The fourth-order valence-corrected chi connectivity index (χ4v) is 2.08. The van der Waals surface area contributed by atoms with Crippen molar-refractivity contribution in [3.8, 4) is 11.4 Å². The quantitative estimate of drug-likeness (QED) is 0.663. The molecule has 0 amide bonds. The van der Waals surface area contributed by atoms with Gasteiger partial charge in [-0.1, -0.05) is 0 Å². The van der Waals surface area contributed by atoms with Crippen molar-refractivity contribution < 1.29 is 23.8 Å². The molecule has 0 atom stereocenters. The van der Waals surface area contributed by atoms with Crippen LogP contribution in [0.5, 0.6) is 5.75 Å². The highest BCUT2D eigenvalue weighted by molar-refractivity contribution is 6.03. The minimum Gasteiger partial charge on any atom is -0.507 e. The second kappa shape index (κ2) is 4.65. The smallest absolute Gasteiger partial charge is 0.357 e. The Hall–Kier alpha value is -3.23. The molecule has 3 aromatic rings. The number of carboxylic acid groups (broad SMARTS) is 1. The molecule has 0 bridgehead atoms. The lowest BCUT2D eigenvalue weighted by atomic mass is 10.2. The van der Waals surface area contributed by atoms with Gasteiger partial charge in [-0.15, -0.1) is 0 Å². The molecule has 3 rings (SSSR count). The van der Waals surface area contributed by atoms with E-state index in [1.807, 2.05) is 0 Å². The lowest BCUT2D eigenvalue weighted by molar-refractivity contribution is 0.0691. The average Bonchev–Trinajstić information content (AvgIpc) is 2.81. The Morgan fingerprint density at radius 2 is 1.95 bits per heavy atom. The highest BCUT2D eigenvalue weighted by atomic mass is 19.2. The summed E-state index contributed by atoms with van der Waals surface area (Å²) in [7, 11) is 0. The molecule has 112 valence electrons. The molecule has 0 spiro atoms. The van der Waals surface area contributed by atoms with E-state index in [1.54, 1.807) is 0 Å². The topological polar surface area (TPSA) is 108 Å². The maximum atomic E-state index is 13.3. The molecule has 3 N–H and O–H groups in total. The van der Waals surface area contributed by atoms with Gasteiger partial charge in [0.1, 0.15) is 11.4 Å². The molecule has 2 aromatic heterocycles. The summed E-state index contributed by atoms with van der Waals surface area (Å²) in [6.45, 7) is 0. The number of nitrogens with one attached hydrogen (secondary N) is 1. The van der Waals surface area contributed by atoms with Gasteiger partial charge in [0.15, 0.2) is 17.3 Å². The van der Waals surface area contributed by atoms with Gasteiger partial charge in [0.25, 0.3) is 5.56 Å². The minimum absolute atomic E-state index is 0.0161. The second-order valence-electron chi connectivity index (χ2n) is 4.41. The largest absolute Gasteiger partial charge is 0.507 e. The van der Waals surface area contributed by atoms with Crippen LogP contribution < -0.4 is 5.56 Å². The van der Waals surface area contributed by atoms with E-state index in [2.05, 4.69) is 10.1 Å². The van der Waals surface area contributed by atoms with E-state index in [-0.39, 0.29) is 16.7 Å². The number of carboxylic acids is 1. The monoisotopic (exact) mass is 307 g/mol. The first-order chi connectivity index (χ1) is 10.4. The fourth-order valence-electron chi connectivity index (χ4n) is 2.08. The van der Waals surface area contributed by atoms with Crippen molar-refractivity contribution in [1.82, 2.24) is 14.8 Å². The first-order valence-corrected chi connectivity index (χ1v) is 5.92. The third-order valence-corrected chi connectivity index (χ3v) is 3.00. The van der Waals surface area contributed by atoms with Gasteiger partial charge in [-0.3, -0.25) is 4.79 Å². The number of carbonyl (C=O) groups is 1. The number of halogens is 2. The van der Waals surface area contributed by atoms with Crippen LogP contribution in [0.4, 0.5) is 8.78 Å². The third-order valence-electron chi connectivity index (χ3n) is 3.00. The van der Waals surface area contributed by atoms with E-state index in [1.165, 1.54) is 0 Å². The number of benzene rings is 1. The second-order valence-corrected chi connectivity index (χ2v) is 4.41. The van der Waals surface area contributed by atoms with E-state index >= 15 is 0 Å². The molecule has 0 aliphatic heterocycles. The number of aromatic carboxylic acids is 1. The number of hydrogen-bond acceptors (Lipinski definition) is 4. The zero-order chi connectivity index (χ0) is 16.0. The van der Waals surface area contributed by atoms with Gasteiger partial charge in [0, 0.05) is 12.1 Å². The van der Waals surface area contributed by atoms with Crippen molar-refractivity contribution in [2.24, 2.45) is 0 Å². The Morgan fingerprint density at radius 3 is 2.59 bits per heavy atom. The van der Waals surface area contributed by atoms with Gasteiger partial charge < -0.3 is 15.2 Å². The number of hydrogen-bond donors (Lipinski definition) is 3. The molecule has 0 fully saturated rings. The predicted molar refractivity (Wildman–Crippen MR) is 70.2 cm³/mol. The highest BCUT2D eigenvalue weighted by Gasteiger charge is 2.22. The van der Waals surface area contributed by atoms with Crippen molar-refractivity contribution in [3.05, 3.63) is 51.9 Å². The van der Waals surface area contributed by atoms with Crippen molar-refractivity contribution in [3.63, 3.8) is 0 Å². The van der Waals surface area contributed by atoms with E-state index in [9.17, 15) is 23.5 Å². The molecule has 22 heavy (non-hydrogen) atoms. The summed E-state index contributed by atoms with van der Waals surface area (Å²) in [6, 6.07) is 3.57. The number of H-pyrrole nitrogens is 1. The molecular weight excluding hydrogens is 300 g/mol. The minimum atomic E-state index is -1.45. The van der Waals surface area contributed by atoms with Gasteiger partial charge in [-0.2, -0.15) is 5.10 Å². The van der Waals surface area contributed by atoms with Crippen LogP contribution >= 0.6 is 0 Å². The Balaban J connectivity index is 2.41. The van der Waals surface area contributed by atoms with Gasteiger partial charge >= 0.3 is 5.97 Å². The number of nitrogens with zero attached hydrogens (tertiary/aromatic N) is 2. The Kier molecular flexibility index (Phi) is 2.91. The normalized spacial score (nSPS) is 11.0. The number of aromatic amines is 1. The zero-order valence-corrected chi connectivity index (χ0v) is 10.7.